The van der Waals surface area contributed by atoms with E-state index in [1.54, 1.807) is 0 Å². The number of hydrogen-bond donors (Lipinski definition) is 1. The molecule has 0 saturated carbocycles. The van der Waals surface area contributed by atoms with E-state index in [-0.39, 0.29) is 6.10 Å². The van der Waals surface area contributed by atoms with Crippen molar-refractivity contribution in [3.05, 3.63) is 27.8 Å². The third-order valence-corrected chi connectivity index (χ3v) is 3.06. The maximum atomic E-state index is 5.55. The van der Waals surface area contributed by atoms with Crippen LogP contribution in [0.15, 0.2) is 24.3 Å². The third-order valence-electron chi connectivity index (χ3n) is 2.34. The highest BCUT2D eigenvalue weighted by Crippen LogP contribution is 2.20. The Morgan fingerprint density at radius 3 is 2.71 bits per heavy atom. The second-order valence-electron chi connectivity index (χ2n) is 3.35. The molecule has 1 aromatic carbocycles. The fourth-order valence-electron chi connectivity index (χ4n) is 1.52. The number of halogens is 1. The van der Waals surface area contributed by atoms with E-state index in [0.717, 1.165) is 6.54 Å². The fraction of sp³-hybridized carbons (Fsp3) is 0.400. The molecule has 1 aromatic rings. The van der Waals surface area contributed by atoms with Crippen LogP contribution in [-0.2, 0) is 4.74 Å². The number of ether oxygens (including phenoxy) is 1. The first-order valence-corrected chi connectivity index (χ1v) is 5.69. The molecule has 0 bridgehead atoms. The largest absolute Gasteiger partial charge is 0.355 e. The van der Waals surface area contributed by atoms with Gasteiger partial charge in [0.1, 0.15) is 6.73 Å². The molecule has 1 atom stereocenters. The number of anilines is 1. The number of nitrogens with zero attached hydrogens (tertiary/aromatic N) is 1. The minimum atomic E-state index is 0.189. The Balaban J connectivity index is 2.06. The van der Waals surface area contributed by atoms with Crippen LogP contribution in [0.3, 0.4) is 0 Å². The van der Waals surface area contributed by atoms with Crippen LogP contribution in [-0.4, -0.2) is 25.9 Å². The summed E-state index contributed by atoms with van der Waals surface area (Å²) in [6, 6.07) is 8.44. The van der Waals surface area contributed by atoms with Gasteiger partial charge in [0, 0.05) is 22.3 Å². The van der Waals surface area contributed by atoms with Crippen LogP contribution < -0.4 is 10.6 Å². The van der Waals surface area contributed by atoms with Crippen LogP contribution in [0.4, 0.5) is 5.69 Å². The topological polar surface area (TPSA) is 38.5 Å². The minimum Gasteiger partial charge on any atom is -0.355 e. The van der Waals surface area contributed by atoms with E-state index in [1.807, 2.05) is 0 Å². The average molecular weight is 304 g/mol. The van der Waals surface area contributed by atoms with E-state index in [1.165, 1.54) is 9.26 Å². The summed E-state index contributed by atoms with van der Waals surface area (Å²) in [7, 11) is 0. The Kier molecular flexibility index (Phi) is 3.25. The zero-order valence-electron chi connectivity index (χ0n) is 7.82. The summed E-state index contributed by atoms with van der Waals surface area (Å²) in [6.07, 6.45) is 0.189. The van der Waals surface area contributed by atoms with Crippen molar-refractivity contribution in [1.29, 1.82) is 0 Å². The van der Waals surface area contributed by atoms with Gasteiger partial charge in [0.25, 0.3) is 0 Å². The summed E-state index contributed by atoms with van der Waals surface area (Å²) < 4.78 is 6.75. The lowest BCUT2D eigenvalue weighted by atomic mass is 10.3. The van der Waals surface area contributed by atoms with Crippen LogP contribution in [0.5, 0.6) is 0 Å². The molecule has 3 nitrogen and oxygen atoms in total. The normalized spacial score (nSPS) is 21.6. The summed E-state index contributed by atoms with van der Waals surface area (Å²) in [4.78, 5) is 2.20. The first-order valence-electron chi connectivity index (χ1n) is 4.62. The van der Waals surface area contributed by atoms with Crippen LogP contribution in [0.1, 0.15) is 0 Å². The van der Waals surface area contributed by atoms with E-state index in [4.69, 9.17) is 10.5 Å². The fourth-order valence-corrected chi connectivity index (χ4v) is 1.88. The van der Waals surface area contributed by atoms with Crippen LogP contribution in [0.2, 0.25) is 0 Å². The maximum Gasteiger partial charge on any atom is 0.119 e. The van der Waals surface area contributed by atoms with Crippen molar-refractivity contribution >= 4 is 28.3 Å². The molecule has 14 heavy (non-hydrogen) atoms. The molecule has 0 spiro atoms. The van der Waals surface area contributed by atoms with Gasteiger partial charge in [-0.25, -0.2) is 0 Å². The van der Waals surface area contributed by atoms with Crippen molar-refractivity contribution in [2.24, 2.45) is 5.73 Å². The predicted molar refractivity (Wildman–Crippen MR) is 65.3 cm³/mol. The number of rotatable bonds is 2. The molecule has 1 saturated heterocycles. The summed E-state index contributed by atoms with van der Waals surface area (Å²) in [5.41, 5.74) is 6.75. The zero-order valence-corrected chi connectivity index (χ0v) is 9.98. The lowest BCUT2D eigenvalue weighted by Gasteiger charge is -2.15. The second kappa shape index (κ2) is 4.46. The molecule has 2 N–H and O–H groups in total. The van der Waals surface area contributed by atoms with Gasteiger partial charge in [0.2, 0.25) is 0 Å². The van der Waals surface area contributed by atoms with Crippen molar-refractivity contribution in [2.75, 3.05) is 24.7 Å². The summed E-state index contributed by atoms with van der Waals surface area (Å²) in [5.74, 6) is 0. The summed E-state index contributed by atoms with van der Waals surface area (Å²) in [6.45, 7) is 2.15. The smallest absolute Gasteiger partial charge is 0.119 e. The Hall–Kier alpha value is -0.330. The van der Waals surface area contributed by atoms with E-state index in [9.17, 15) is 0 Å². The molecular weight excluding hydrogens is 291 g/mol. The molecule has 0 aromatic heterocycles. The van der Waals surface area contributed by atoms with Gasteiger partial charge in [-0.15, -0.1) is 0 Å². The van der Waals surface area contributed by atoms with Gasteiger partial charge >= 0.3 is 0 Å². The molecule has 1 fully saturated rings. The number of benzene rings is 1. The average Bonchev–Trinajstić information content (AvgIpc) is 2.67. The van der Waals surface area contributed by atoms with Gasteiger partial charge in [-0.05, 0) is 46.9 Å². The van der Waals surface area contributed by atoms with E-state index in [0.29, 0.717) is 13.3 Å². The van der Waals surface area contributed by atoms with Gasteiger partial charge in [-0.2, -0.15) is 0 Å². The number of nitrogens with two attached hydrogens (primary N) is 1. The second-order valence-corrected chi connectivity index (χ2v) is 4.60. The molecule has 1 heterocycles. The summed E-state index contributed by atoms with van der Waals surface area (Å²) in [5, 5.41) is 0. The monoisotopic (exact) mass is 304 g/mol. The molecule has 1 unspecified atom stereocenters. The molecule has 76 valence electrons. The van der Waals surface area contributed by atoms with E-state index < -0.39 is 0 Å². The van der Waals surface area contributed by atoms with Crippen LogP contribution in [0.25, 0.3) is 0 Å². The lowest BCUT2D eigenvalue weighted by Crippen LogP contribution is -2.26. The van der Waals surface area contributed by atoms with E-state index in [2.05, 4.69) is 51.8 Å². The van der Waals surface area contributed by atoms with Gasteiger partial charge in [0.15, 0.2) is 0 Å². The van der Waals surface area contributed by atoms with Crippen LogP contribution >= 0.6 is 22.6 Å². The van der Waals surface area contributed by atoms with Gasteiger partial charge < -0.3 is 15.4 Å². The van der Waals surface area contributed by atoms with Crippen molar-refractivity contribution in [2.45, 2.75) is 6.10 Å². The standard InChI is InChI=1S/C10H13IN2O/c11-8-1-3-9(4-2-8)13-6-10(5-12)14-7-13/h1-4,10H,5-7,12H2. The molecular formula is C10H13IN2O. The van der Waals surface area contributed by atoms with Crippen LogP contribution in [0, 0.1) is 3.57 Å². The number of hydrogen-bond acceptors (Lipinski definition) is 3. The zero-order chi connectivity index (χ0) is 9.97. The highest BCUT2D eigenvalue weighted by atomic mass is 127. The maximum absolute atomic E-state index is 5.55. The molecule has 0 amide bonds. The Morgan fingerprint density at radius 2 is 2.14 bits per heavy atom. The van der Waals surface area contributed by atoms with Crippen molar-refractivity contribution in [3.8, 4) is 0 Å². The Labute approximate surface area is 97.4 Å². The minimum absolute atomic E-state index is 0.189. The van der Waals surface area contributed by atoms with Gasteiger partial charge in [-0.3, -0.25) is 0 Å². The molecule has 1 aliphatic rings. The lowest BCUT2D eigenvalue weighted by molar-refractivity contribution is 0.122. The van der Waals surface area contributed by atoms with Gasteiger partial charge in [-0.1, -0.05) is 0 Å². The Morgan fingerprint density at radius 1 is 1.43 bits per heavy atom. The first-order chi connectivity index (χ1) is 6.79. The summed E-state index contributed by atoms with van der Waals surface area (Å²) >= 11 is 2.30. The molecule has 0 radical (unpaired) electrons. The molecule has 4 heteroatoms. The highest BCUT2D eigenvalue weighted by molar-refractivity contribution is 14.1. The van der Waals surface area contributed by atoms with Crippen molar-refractivity contribution < 1.29 is 4.74 Å². The highest BCUT2D eigenvalue weighted by Gasteiger charge is 2.21. The predicted octanol–water partition coefficient (Wildman–Crippen LogP) is 1.41. The SMILES string of the molecule is NCC1CN(c2ccc(I)cc2)CO1. The quantitative estimate of drug-likeness (QED) is 0.840. The molecule has 2 rings (SSSR count). The first kappa shape index (κ1) is 10.2. The Bertz CT molecular complexity index is 301. The van der Waals surface area contributed by atoms with E-state index >= 15 is 0 Å². The van der Waals surface area contributed by atoms with Gasteiger partial charge in [0.05, 0.1) is 6.10 Å². The molecule has 0 aliphatic carbocycles. The van der Waals surface area contributed by atoms with Crippen molar-refractivity contribution in [3.63, 3.8) is 0 Å². The third kappa shape index (κ3) is 2.18. The van der Waals surface area contributed by atoms with Crippen molar-refractivity contribution in [1.82, 2.24) is 0 Å². The molecule has 1 aliphatic heterocycles.